The van der Waals surface area contributed by atoms with Gasteiger partial charge in [-0.05, 0) is 12.8 Å². The van der Waals surface area contributed by atoms with Crippen LogP contribution in [0.3, 0.4) is 0 Å². The van der Waals surface area contributed by atoms with E-state index < -0.39 is 24.8 Å². The summed E-state index contributed by atoms with van der Waals surface area (Å²) in [5, 5.41) is 10.5. The van der Waals surface area contributed by atoms with Gasteiger partial charge >= 0.3 is 0 Å². The molecular weight excluding hydrogens is 348 g/mol. The van der Waals surface area contributed by atoms with E-state index in [2.05, 4.69) is 13.8 Å². The van der Waals surface area contributed by atoms with E-state index in [1.54, 1.807) is 0 Å². The average Bonchev–Trinajstić information content (AvgIpc) is 2.70. The zero-order valence-corrected chi connectivity index (χ0v) is 16.3. The second kappa shape index (κ2) is 10.5. The topological polar surface area (TPSA) is 66.4 Å². The molecule has 1 N–H and O–H groups in total. The third-order valence-corrected chi connectivity index (χ3v) is 4.99. The Kier molecular flexibility index (Phi) is 8.06. The smallest absolute Gasteiger partial charge is 0.184 e. The first-order valence-corrected chi connectivity index (χ1v) is 10.1. The van der Waals surface area contributed by atoms with Gasteiger partial charge < -0.3 is 28.8 Å². The summed E-state index contributed by atoms with van der Waals surface area (Å²) in [4.78, 5) is 0. The quantitative estimate of drug-likeness (QED) is 0.664. The Labute approximate surface area is 161 Å². The number of ether oxygens (including phenoxy) is 5. The number of fused-ring (bicyclic) bond motifs is 1. The van der Waals surface area contributed by atoms with Gasteiger partial charge in [-0.25, -0.2) is 0 Å². The molecule has 0 aromatic heterocycles. The Bertz CT molecular complexity index is 539. The molecule has 0 bridgehead atoms. The number of hydrogen-bond acceptors (Lipinski definition) is 6. The van der Waals surface area contributed by atoms with Gasteiger partial charge in [0.05, 0.1) is 6.61 Å². The van der Waals surface area contributed by atoms with E-state index in [0.29, 0.717) is 19.8 Å². The van der Waals surface area contributed by atoms with Crippen molar-refractivity contribution >= 4 is 0 Å². The summed E-state index contributed by atoms with van der Waals surface area (Å²) in [5.74, 6) is 0. The van der Waals surface area contributed by atoms with Crippen molar-refractivity contribution in [3.63, 3.8) is 0 Å². The first-order valence-electron chi connectivity index (χ1n) is 10.1. The largest absolute Gasteiger partial charge is 0.372 e. The van der Waals surface area contributed by atoms with Crippen molar-refractivity contribution in [1.29, 1.82) is 0 Å². The molecule has 2 heterocycles. The highest BCUT2D eigenvalue weighted by atomic mass is 16.7. The lowest BCUT2D eigenvalue weighted by Crippen LogP contribution is -2.63. The monoisotopic (exact) mass is 380 g/mol. The second-order valence-corrected chi connectivity index (χ2v) is 7.12. The Morgan fingerprint density at radius 2 is 1.63 bits per heavy atom. The van der Waals surface area contributed by atoms with Crippen LogP contribution in [0.15, 0.2) is 30.3 Å². The van der Waals surface area contributed by atoms with Crippen molar-refractivity contribution in [2.75, 3.05) is 19.8 Å². The molecule has 2 aliphatic rings. The third-order valence-electron chi connectivity index (χ3n) is 4.99. The molecule has 1 aromatic carbocycles. The standard InChI is InChI=1S/C21H32O6/c1-3-5-12-23-18-17-16(26-20(22)19(18)24-13-6-4-2)14-25-21(27-17)15-10-8-7-9-11-15/h7-11,16-22H,3-6,12-14H2,1-2H3/t16-,17-,18+,19-,20?,21?/m1/s1. The summed E-state index contributed by atoms with van der Waals surface area (Å²) in [6.07, 6.45) is 0.737. The van der Waals surface area contributed by atoms with Crippen LogP contribution in [0.2, 0.25) is 0 Å². The van der Waals surface area contributed by atoms with Crippen molar-refractivity contribution in [2.45, 2.75) is 76.5 Å². The molecule has 0 aliphatic carbocycles. The molecule has 152 valence electrons. The van der Waals surface area contributed by atoms with Crippen LogP contribution in [-0.4, -0.2) is 55.6 Å². The van der Waals surface area contributed by atoms with Crippen LogP contribution in [0.5, 0.6) is 0 Å². The Balaban J connectivity index is 1.73. The van der Waals surface area contributed by atoms with Crippen LogP contribution in [-0.2, 0) is 23.7 Å². The van der Waals surface area contributed by atoms with Crippen molar-refractivity contribution in [2.24, 2.45) is 0 Å². The SMILES string of the molecule is CCCCO[C@H]1[C@@H]2OC(c3ccccc3)OC[C@H]2OC(O)[C@@H]1OCCCC. The minimum Gasteiger partial charge on any atom is -0.372 e. The molecule has 2 aliphatic heterocycles. The zero-order chi connectivity index (χ0) is 19.1. The maximum atomic E-state index is 10.5. The molecule has 2 fully saturated rings. The fourth-order valence-electron chi connectivity index (χ4n) is 3.44. The van der Waals surface area contributed by atoms with Crippen LogP contribution in [0.25, 0.3) is 0 Å². The van der Waals surface area contributed by atoms with Crippen LogP contribution in [0, 0.1) is 0 Å². The first-order chi connectivity index (χ1) is 13.2. The van der Waals surface area contributed by atoms with Crippen LogP contribution in [0.4, 0.5) is 0 Å². The lowest BCUT2D eigenvalue weighted by Gasteiger charge is -2.47. The van der Waals surface area contributed by atoms with Gasteiger partial charge in [-0.15, -0.1) is 0 Å². The minimum atomic E-state index is -1.05. The Morgan fingerprint density at radius 3 is 2.30 bits per heavy atom. The van der Waals surface area contributed by atoms with Gasteiger partial charge in [-0.2, -0.15) is 0 Å². The van der Waals surface area contributed by atoms with Gasteiger partial charge in [0.2, 0.25) is 0 Å². The van der Waals surface area contributed by atoms with Gasteiger partial charge in [0.25, 0.3) is 0 Å². The van der Waals surface area contributed by atoms with Gasteiger partial charge in [-0.1, -0.05) is 57.0 Å². The van der Waals surface area contributed by atoms with Gasteiger partial charge in [0.15, 0.2) is 12.6 Å². The first kappa shape index (κ1) is 20.7. The van der Waals surface area contributed by atoms with Crippen molar-refractivity contribution < 1.29 is 28.8 Å². The van der Waals surface area contributed by atoms with Crippen molar-refractivity contribution in [3.8, 4) is 0 Å². The molecular formula is C21H32O6. The van der Waals surface area contributed by atoms with E-state index >= 15 is 0 Å². The normalized spacial score (nSPS) is 33.6. The van der Waals surface area contributed by atoms with Gasteiger partial charge in [0, 0.05) is 18.8 Å². The van der Waals surface area contributed by atoms with Gasteiger partial charge in [-0.3, -0.25) is 0 Å². The molecule has 2 saturated heterocycles. The molecule has 3 rings (SSSR count). The van der Waals surface area contributed by atoms with E-state index in [4.69, 9.17) is 23.7 Å². The molecule has 0 radical (unpaired) electrons. The lowest BCUT2D eigenvalue weighted by molar-refractivity contribution is -0.364. The van der Waals surface area contributed by atoms with Crippen molar-refractivity contribution in [3.05, 3.63) is 35.9 Å². The molecule has 0 amide bonds. The van der Waals surface area contributed by atoms with E-state index in [1.807, 2.05) is 30.3 Å². The maximum Gasteiger partial charge on any atom is 0.184 e. The number of rotatable bonds is 9. The van der Waals surface area contributed by atoms with Crippen LogP contribution >= 0.6 is 0 Å². The van der Waals surface area contributed by atoms with Crippen LogP contribution in [0.1, 0.15) is 51.4 Å². The molecule has 6 atom stereocenters. The molecule has 0 saturated carbocycles. The second-order valence-electron chi connectivity index (χ2n) is 7.12. The Morgan fingerprint density at radius 1 is 0.963 bits per heavy atom. The molecule has 1 aromatic rings. The summed E-state index contributed by atoms with van der Waals surface area (Å²) in [7, 11) is 0. The van der Waals surface area contributed by atoms with Gasteiger partial charge in [0.1, 0.15) is 24.4 Å². The molecule has 0 spiro atoms. The van der Waals surface area contributed by atoms with E-state index in [9.17, 15) is 5.11 Å². The number of unbranched alkanes of at least 4 members (excludes halogenated alkanes) is 2. The molecule has 6 nitrogen and oxygen atoms in total. The fourth-order valence-corrected chi connectivity index (χ4v) is 3.44. The summed E-state index contributed by atoms with van der Waals surface area (Å²) < 4.78 is 29.9. The molecule has 2 unspecified atom stereocenters. The average molecular weight is 380 g/mol. The number of aliphatic hydroxyl groups is 1. The summed E-state index contributed by atoms with van der Waals surface area (Å²) >= 11 is 0. The van der Waals surface area contributed by atoms with E-state index in [1.165, 1.54) is 0 Å². The predicted molar refractivity (Wildman–Crippen MR) is 100 cm³/mol. The fraction of sp³-hybridized carbons (Fsp3) is 0.714. The highest BCUT2D eigenvalue weighted by molar-refractivity contribution is 5.16. The van der Waals surface area contributed by atoms with E-state index in [0.717, 1.165) is 31.2 Å². The minimum absolute atomic E-state index is 0.344. The van der Waals surface area contributed by atoms with Crippen molar-refractivity contribution in [1.82, 2.24) is 0 Å². The van der Waals surface area contributed by atoms with Crippen LogP contribution < -0.4 is 0 Å². The predicted octanol–water partition coefficient (Wildman–Crippen LogP) is 3.19. The summed E-state index contributed by atoms with van der Waals surface area (Å²) in [6, 6.07) is 9.84. The lowest BCUT2D eigenvalue weighted by atomic mass is 9.97. The summed E-state index contributed by atoms with van der Waals surface area (Å²) in [5.41, 5.74) is 0.956. The number of benzene rings is 1. The zero-order valence-electron chi connectivity index (χ0n) is 16.3. The summed E-state index contributed by atoms with van der Waals surface area (Å²) in [6.45, 7) is 5.73. The molecule has 27 heavy (non-hydrogen) atoms. The highest BCUT2D eigenvalue weighted by Crippen LogP contribution is 2.35. The third kappa shape index (κ3) is 5.28. The number of hydrogen-bond donors (Lipinski definition) is 1. The maximum absolute atomic E-state index is 10.5. The number of aliphatic hydroxyl groups excluding tert-OH is 1. The Hall–Kier alpha value is -1.02. The highest BCUT2D eigenvalue weighted by Gasteiger charge is 2.50. The van der Waals surface area contributed by atoms with E-state index in [-0.39, 0.29) is 12.2 Å². The molecule has 6 heteroatoms.